The number of para-hydroxylation sites is 1. The maximum atomic E-state index is 6.32. The summed E-state index contributed by atoms with van der Waals surface area (Å²) >= 11 is 7.92. The van der Waals surface area contributed by atoms with Gasteiger partial charge in [0, 0.05) is 33.2 Å². The van der Waals surface area contributed by atoms with E-state index in [2.05, 4.69) is 26.9 Å². The van der Waals surface area contributed by atoms with Crippen LogP contribution in [-0.4, -0.2) is 21.6 Å². The summed E-state index contributed by atoms with van der Waals surface area (Å²) in [5.41, 5.74) is 4.02. The SMILES string of the molecule is Clc1cc2c(c(CSc3nnc(-c4ccccc4)n3-c3ccccc3)c1)OCOC2. The third-order valence-corrected chi connectivity index (χ3v) is 5.98. The quantitative estimate of drug-likeness (QED) is 0.374. The minimum atomic E-state index is 0.255. The smallest absolute Gasteiger partial charge is 0.196 e. The van der Waals surface area contributed by atoms with Crippen molar-refractivity contribution in [3.8, 4) is 22.8 Å². The van der Waals surface area contributed by atoms with E-state index in [1.165, 1.54) is 0 Å². The van der Waals surface area contributed by atoms with Crippen molar-refractivity contribution < 1.29 is 9.47 Å². The molecule has 0 atom stereocenters. The molecule has 5 nitrogen and oxygen atoms in total. The van der Waals surface area contributed by atoms with E-state index < -0.39 is 0 Å². The predicted octanol–water partition coefficient (Wildman–Crippen LogP) is 5.75. The van der Waals surface area contributed by atoms with E-state index in [1.54, 1.807) is 11.8 Å². The first kappa shape index (κ1) is 19.2. The van der Waals surface area contributed by atoms with Crippen LogP contribution in [0.3, 0.4) is 0 Å². The second-order valence-electron chi connectivity index (χ2n) is 6.80. The van der Waals surface area contributed by atoms with Gasteiger partial charge in [0.25, 0.3) is 0 Å². The van der Waals surface area contributed by atoms with Crippen LogP contribution in [0.5, 0.6) is 5.75 Å². The van der Waals surface area contributed by atoms with Crippen molar-refractivity contribution in [3.05, 3.63) is 88.9 Å². The Hall–Kier alpha value is -2.80. The van der Waals surface area contributed by atoms with Gasteiger partial charge < -0.3 is 9.47 Å². The molecule has 0 bridgehead atoms. The van der Waals surface area contributed by atoms with E-state index in [0.717, 1.165) is 39.1 Å². The molecule has 0 saturated heterocycles. The summed E-state index contributed by atoms with van der Waals surface area (Å²) in [4.78, 5) is 0. The molecule has 2 heterocycles. The van der Waals surface area contributed by atoms with Crippen LogP contribution in [0.4, 0.5) is 0 Å². The van der Waals surface area contributed by atoms with Crippen LogP contribution in [0.15, 0.2) is 78.0 Å². The minimum Gasteiger partial charge on any atom is -0.467 e. The van der Waals surface area contributed by atoms with E-state index in [-0.39, 0.29) is 6.79 Å². The molecule has 3 aromatic carbocycles. The number of benzene rings is 3. The van der Waals surface area contributed by atoms with Gasteiger partial charge in [0.1, 0.15) is 5.75 Å². The molecular weight excluding hydrogens is 418 g/mol. The Balaban J connectivity index is 1.52. The molecule has 1 aliphatic rings. The third-order valence-electron chi connectivity index (χ3n) is 4.79. The second-order valence-corrected chi connectivity index (χ2v) is 8.17. The zero-order valence-electron chi connectivity index (χ0n) is 16.0. The summed E-state index contributed by atoms with van der Waals surface area (Å²) in [6.45, 7) is 0.760. The van der Waals surface area contributed by atoms with Crippen LogP contribution in [0.25, 0.3) is 17.1 Å². The molecule has 1 aliphatic heterocycles. The van der Waals surface area contributed by atoms with Gasteiger partial charge in [0.05, 0.1) is 6.61 Å². The normalized spacial score (nSPS) is 13.0. The number of ether oxygens (including phenoxy) is 2. The van der Waals surface area contributed by atoms with Gasteiger partial charge in [-0.25, -0.2) is 0 Å². The van der Waals surface area contributed by atoms with Crippen molar-refractivity contribution in [2.45, 2.75) is 17.5 Å². The standard InChI is InChI=1S/C23H18ClN3O2S/c24-19-11-17-13-28-15-29-21(17)18(12-19)14-30-23-26-25-22(16-7-3-1-4-8-16)27(23)20-9-5-2-6-10-20/h1-12H,13-15H2. The fourth-order valence-corrected chi connectivity index (χ4v) is 4.64. The van der Waals surface area contributed by atoms with Gasteiger partial charge in [-0.05, 0) is 24.3 Å². The molecule has 0 radical (unpaired) electrons. The summed E-state index contributed by atoms with van der Waals surface area (Å²) in [6.07, 6.45) is 0. The number of fused-ring (bicyclic) bond motifs is 1. The number of halogens is 1. The molecule has 5 rings (SSSR count). The average molecular weight is 436 g/mol. The number of hydrogen-bond donors (Lipinski definition) is 0. The Morgan fingerprint density at radius 3 is 2.53 bits per heavy atom. The molecular formula is C23H18ClN3O2S. The van der Waals surface area contributed by atoms with Crippen LogP contribution in [-0.2, 0) is 17.1 Å². The molecule has 0 amide bonds. The van der Waals surface area contributed by atoms with Gasteiger partial charge >= 0.3 is 0 Å². The summed E-state index contributed by atoms with van der Waals surface area (Å²) < 4.78 is 13.2. The van der Waals surface area contributed by atoms with Crippen molar-refractivity contribution >= 4 is 23.4 Å². The highest BCUT2D eigenvalue weighted by Gasteiger charge is 2.20. The molecule has 30 heavy (non-hydrogen) atoms. The molecule has 150 valence electrons. The van der Waals surface area contributed by atoms with Crippen molar-refractivity contribution in [2.75, 3.05) is 6.79 Å². The monoisotopic (exact) mass is 435 g/mol. The van der Waals surface area contributed by atoms with Gasteiger partial charge in [-0.15, -0.1) is 10.2 Å². The molecule has 0 spiro atoms. The molecule has 0 N–H and O–H groups in total. The van der Waals surface area contributed by atoms with Crippen molar-refractivity contribution in [3.63, 3.8) is 0 Å². The Morgan fingerprint density at radius 2 is 1.73 bits per heavy atom. The first-order chi connectivity index (χ1) is 14.8. The fraction of sp³-hybridized carbons (Fsp3) is 0.130. The number of thioether (sulfide) groups is 1. The molecule has 4 aromatic rings. The Bertz CT molecular complexity index is 1170. The lowest BCUT2D eigenvalue weighted by atomic mass is 10.1. The minimum absolute atomic E-state index is 0.255. The van der Waals surface area contributed by atoms with Crippen LogP contribution >= 0.6 is 23.4 Å². The summed E-state index contributed by atoms with van der Waals surface area (Å²) in [5.74, 6) is 2.32. The summed E-state index contributed by atoms with van der Waals surface area (Å²) in [5, 5.41) is 10.5. The van der Waals surface area contributed by atoms with Gasteiger partial charge in [-0.3, -0.25) is 4.57 Å². The fourth-order valence-electron chi connectivity index (χ4n) is 3.45. The third kappa shape index (κ3) is 3.81. The predicted molar refractivity (Wildman–Crippen MR) is 118 cm³/mol. The van der Waals surface area contributed by atoms with Gasteiger partial charge in [-0.2, -0.15) is 0 Å². The van der Waals surface area contributed by atoms with Gasteiger partial charge in [0.15, 0.2) is 17.8 Å². The molecule has 0 saturated carbocycles. The first-order valence-electron chi connectivity index (χ1n) is 9.50. The maximum absolute atomic E-state index is 6.32. The Morgan fingerprint density at radius 1 is 0.967 bits per heavy atom. The van der Waals surface area contributed by atoms with E-state index in [9.17, 15) is 0 Å². The van der Waals surface area contributed by atoms with Crippen molar-refractivity contribution in [1.82, 2.24) is 14.8 Å². The van der Waals surface area contributed by atoms with E-state index >= 15 is 0 Å². The van der Waals surface area contributed by atoms with E-state index in [0.29, 0.717) is 17.4 Å². The van der Waals surface area contributed by atoms with Crippen LogP contribution in [0, 0.1) is 0 Å². The first-order valence-corrected chi connectivity index (χ1v) is 10.9. The zero-order valence-corrected chi connectivity index (χ0v) is 17.6. The van der Waals surface area contributed by atoms with Crippen LogP contribution < -0.4 is 4.74 Å². The number of hydrogen-bond acceptors (Lipinski definition) is 5. The van der Waals surface area contributed by atoms with E-state index in [1.807, 2.05) is 60.7 Å². The Kier molecular flexibility index (Phi) is 5.45. The number of nitrogens with zero attached hydrogens (tertiary/aromatic N) is 3. The highest BCUT2D eigenvalue weighted by atomic mass is 35.5. The van der Waals surface area contributed by atoms with Crippen LogP contribution in [0.2, 0.25) is 5.02 Å². The van der Waals surface area contributed by atoms with Crippen LogP contribution in [0.1, 0.15) is 11.1 Å². The van der Waals surface area contributed by atoms with Gasteiger partial charge in [0.2, 0.25) is 0 Å². The highest BCUT2D eigenvalue weighted by molar-refractivity contribution is 7.98. The number of rotatable bonds is 5. The lowest BCUT2D eigenvalue weighted by Crippen LogP contribution is -2.13. The summed E-state index contributed by atoms with van der Waals surface area (Å²) in [7, 11) is 0. The zero-order chi connectivity index (χ0) is 20.3. The van der Waals surface area contributed by atoms with Crippen molar-refractivity contribution in [1.29, 1.82) is 0 Å². The van der Waals surface area contributed by atoms with Crippen molar-refractivity contribution in [2.24, 2.45) is 0 Å². The molecule has 1 aromatic heterocycles. The lowest BCUT2D eigenvalue weighted by Gasteiger charge is -2.21. The van der Waals surface area contributed by atoms with Gasteiger partial charge in [-0.1, -0.05) is 71.9 Å². The Labute approximate surface area is 183 Å². The summed E-state index contributed by atoms with van der Waals surface area (Å²) in [6, 6.07) is 24.1. The maximum Gasteiger partial charge on any atom is 0.196 e. The lowest BCUT2D eigenvalue weighted by molar-refractivity contribution is -0.0168. The van der Waals surface area contributed by atoms with E-state index in [4.69, 9.17) is 21.1 Å². The largest absolute Gasteiger partial charge is 0.467 e. The topological polar surface area (TPSA) is 49.2 Å². The average Bonchev–Trinajstić information content (AvgIpc) is 3.22. The molecule has 0 aliphatic carbocycles. The molecule has 0 fully saturated rings. The highest BCUT2D eigenvalue weighted by Crippen LogP contribution is 2.36. The number of aromatic nitrogens is 3. The molecule has 7 heteroatoms. The molecule has 0 unspecified atom stereocenters. The second kappa shape index (κ2) is 8.52.